The molecule has 19 heavy (non-hydrogen) atoms. The van der Waals surface area contributed by atoms with E-state index in [0.29, 0.717) is 5.75 Å². The molecule has 4 heteroatoms. The van der Waals surface area contributed by atoms with E-state index < -0.39 is 10.1 Å². The van der Waals surface area contributed by atoms with Gasteiger partial charge in [-0.1, -0.05) is 48.0 Å². The van der Waals surface area contributed by atoms with Crippen molar-refractivity contribution in [2.45, 2.75) is 12.8 Å². The van der Waals surface area contributed by atoms with Gasteiger partial charge in [-0.05, 0) is 18.6 Å². The maximum absolute atomic E-state index is 11.8. The third kappa shape index (κ3) is 2.36. The van der Waals surface area contributed by atoms with Gasteiger partial charge in [-0.2, -0.15) is 8.42 Å². The molecule has 0 aliphatic carbocycles. The predicted molar refractivity (Wildman–Crippen MR) is 73.9 cm³/mol. The summed E-state index contributed by atoms with van der Waals surface area (Å²) in [5, 5.41) is 0. The minimum Gasteiger partial charge on any atom is -0.382 e. The van der Waals surface area contributed by atoms with Gasteiger partial charge < -0.3 is 4.18 Å². The molecule has 0 aromatic heterocycles. The van der Waals surface area contributed by atoms with Crippen LogP contribution in [0.5, 0.6) is 5.75 Å². The summed E-state index contributed by atoms with van der Waals surface area (Å²) in [6, 6.07) is 15.3. The van der Waals surface area contributed by atoms with Gasteiger partial charge in [0.1, 0.15) is 5.75 Å². The first kappa shape index (κ1) is 12.2. The Hall–Kier alpha value is -1.81. The van der Waals surface area contributed by atoms with Crippen LogP contribution in [-0.2, 0) is 10.1 Å². The fourth-order valence-corrected chi connectivity index (χ4v) is 3.66. The molecule has 0 saturated heterocycles. The second kappa shape index (κ2) is 4.38. The van der Waals surface area contributed by atoms with Gasteiger partial charge in [-0.25, -0.2) is 0 Å². The van der Waals surface area contributed by atoms with Gasteiger partial charge in [-0.15, -0.1) is 0 Å². The number of hydrogen-bond donors (Lipinski definition) is 0. The zero-order chi connectivity index (χ0) is 13.5. The van der Waals surface area contributed by atoms with Crippen molar-refractivity contribution in [3.63, 3.8) is 0 Å². The van der Waals surface area contributed by atoms with Crippen LogP contribution >= 0.6 is 0 Å². The summed E-state index contributed by atoms with van der Waals surface area (Å²) in [5.41, 5.74) is 3.10. The third-order valence-electron chi connectivity index (χ3n) is 3.36. The first-order valence-electron chi connectivity index (χ1n) is 6.13. The lowest BCUT2D eigenvalue weighted by molar-refractivity contribution is 0.466. The van der Waals surface area contributed by atoms with Gasteiger partial charge in [0.15, 0.2) is 0 Å². The summed E-state index contributed by atoms with van der Waals surface area (Å²) in [4.78, 5) is 0. The first-order valence-corrected chi connectivity index (χ1v) is 7.70. The molecule has 0 radical (unpaired) electrons. The Labute approximate surface area is 113 Å². The molecule has 0 amide bonds. The van der Waals surface area contributed by atoms with E-state index in [-0.39, 0.29) is 11.7 Å². The lowest BCUT2D eigenvalue weighted by atomic mass is 9.92. The summed E-state index contributed by atoms with van der Waals surface area (Å²) in [6.45, 7) is 2.01. The van der Waals surface area contributed by atoms with E-state index in [1.165, 1.54) is 0 Å². The molecule has 3 rings (SSSR count). The molecule has 0 N–H and O–H groups in total. The number of para-hydroxylation sites is 1. The fraction of sp³-hybridized carbons (Fsp3) is 0.200. The van der Waals surface area contributed by atoms with Gasteiger partial charge in [0.05, 0.1) is 5.75 Å². The van der Waals surface area contributed by atoms with Crippen molar-refractivity contribution >= 4 is 10.1 Å². The van der Waals surface area contributed by atoms with E-state index in [1.54, 1.807) is 12.1 Å². The van der Waals surface area contributed by atoms with E-state index in [0.717, 1.165) is 16.7 Å². The molecule has 1 aliphatic rings. The van der Waals surface area contributed by atoms with Crippen molar-refractivity contribution in [1.82, 2.24) is 0 Å². The largest absolute Gasteiger partial charge is 0.382 e. The van der Waals surface area contributed by atoms with Crippen LogP contribution in [-0.4, -0.2) is 14.2 Å². The zero-order valence-electron chi connectivity index (χ0n) is 10.5. The van der Waals surface area contributed by atoms with Gasteiger partial charge in [0, 0.05) is 11.5 Å². The second-order valence-electron chi connectivity index (χ2n) is 4.81. The Balaban J connectivity index is 2.13. The van der Waals surface area contributed by atoms with Gasteiger partial charge in [-0.3, -0.25) is 0 Å². The molecule has 0 fully saturated rings. The fourth-order valence-electron chi connectivity index (χ4n) is 2.38. The number of rotatable bonds is 1. The first-order chi connectivity index (χ1) is 9.05. The van der Waals surface area contributed by atoms with Crippen LogP contribution in [0.25, 0.3) is 0 Å². The van der Waals surface area contributed by atoms with Crippen LogP contribution < -0.4 is 4.18 Å². The Morgan fingerprint density at radius 1 is 1.05 bits per heavy atom. The average molecular weight is 274 g/mol. The quantitative estimate of drug-likeness (QED) is 0.751. The Morgan fingerprint density at radius 3 is 2.47 bits per heavy atom. The second-order valence-corrected chi connectivity index (χ2v) is 6.42. The predicted octanol–water partition coefficient (Wildman–Crippen LogP) is 2.85. The summed E-state index contributed by atoms with van der Waals surface area (Å²) < 4.78 is 28.8. The van der Waals surface area contributed by atoms with Crippen molar-refractivity contribution in [1.29, 1.82) is 0 Å². The lowest BCUT2D eigenvalue weighted by Crippen LogP contribution is -2.26. The Morgan fingerprint density at radius 2 is 1.74 bits per heavy atom. The molecule has 98 valence electrons. The molecule has 1 atom stereocenters. The zero-order valence-corrected chi connectivity index (χ0v) is 11.4. The maximum atomic E-state index is 11.8. The molecule has 2 aromatic carbocycles. The molecule has 0 unspecified atom stereocenters. The number of aryl methyl sites for hydroxylation is 1. The van der Waals surface area contributed by atoms with Crippen molar-refractivity contribution in [3.05, 3.63) is 65.2 Å². The average Bonchev–Trinajstić information content (AvgIpc) is 2.37. The molecule has 1 aliphatic heterocycles. The van der Waals surface area contributed by atoms with Crippen LogP contribution in [0.15, 0.2) is 48.5 Å². The van der Waals surface area contributed by atoms with Crippen LogP contribution in [0.3, 0.4) is 0 Å². The highest BCUT2D eigenvalue weighted by Gasteiger charge is 2.31. The normalized spacial score (nSPS) is 20.4. The summed E-state index contributed by atoms with van der Waals surface area (Å²) in [6.07, 6.45) is 0. The van der Waals surface area contributed by atoms with Crippen molar-refractivity contribution in [3.8, 4) is 5.75 Å². The molecule has 1 heterocycles. The maximum Gasteiger partial charge on any atom is 0.310 e. The van der Waals surface area contributed by atoms with Crippen LogP contribution in [0, 0.1) is 6.92 Å². The standard InChI is InChI=1S/C15H14O3S/c1-11-6-8-12(9-7-11)14-10-19(16,17)18-15-5-3-2-4-13(14)15/h2-9,14H,10H2,1H3/t14-/m0/s1. The Bertz CT molecular complexity index is 702. The van der Waals surface area contributed by atoms with E-state index >= 15 is 0 Å². The highest BCUT2D eigenvalue weighted by atomic mass is 32.2. The molecule has 2 aromatic rings. The van der Waals surface area contributed by atoms with Gasteiger partial charge in [0.25, 0.3) is 0 Å². The van der Waals surface area contributed by atoms with E-state index in [2.05, 4.69) is 0 Å². The molecule has 0 spiro atoms. The minimum atomic E-state index is -3.50. The Kier molecular flexibility index (Phi) is 2.82. The lowest BCUT2D eigenvalue weighted by Gasteiger charge is -2.25. The molecular weight excluding hydrogens is 260 g/mol. The third-order valence-corrected chi connectivity index (χ3v) is 4.54. The molecule has 0 bridgehead atoms. The topological polar surface area (TPSA) is 43.4 Å². The molecule has 0 saturated carbocycles. The van der Waals surface area contributed by atoms with E-state index in [1.807, 2.05) is 43.3 Å². The van der Waals surface area contributed by atoms with Crippen molar-refractivity contribution in [2.75, 3.05) is 5.75 Å². The number of fused-ring (bicyclic) bond motifs is 1. The van der Waals surface area contributed by atoms with Crippen molar-refractivity contribution < 1.29 is 12.6 Å². The number of benzene rings is 2. The SMILES string of the molecule is Cc1ccc([C@@H]2CS(=O)(=O)Oc3ccccc32)cc1. The highest BCUT2D eigenvalue weighted by Crippen LogP contribution is 2.37. The smallest absolute Gasteiger partial charge is 0.310 e. The van der Waals surface area contributed by atoms with Gasteiger partial charge >= 0.3 is 10.1 Å². The summed E-state index contributed by atoms with van der Waals surface area (Å²) >= 11 is 0. The monoisotopic (exact) mass is 274 g/mol. The van der Waals surface area contributed by atoms with E-state index in [4.69, 9.17) is 4.18 Å². The van der Waals surface area contributed by atoms with E-state index in [9.17, 15) is 8.42 Å². The summed E-state index contributed by atoms with van der Waals surface area (Å²) in [7, 11) is -3.50. The van der Waals surface area contributed by atoms with Crippen molar-refractivity contribution in [2.24, 2.45) is 0 Å². The number of hydrogen-bond acceptors (Lipinski definition) is 3. The van der Waals surface area contributed by atoms with Crippen LogP contribution in [0.1, 0.15) is 22.6 Å². The van der Waals surface area contributed by atoms with Crippen LogP contribution in [0.4, 0.5) is 0 Å². The van der Waals surface area contributed by atoms with Gasteiger partial charge in [0.2, 0.25) is 0 Å². The minimum absolute atomic E-state index is 0.00687. The highest BCUT2D eigenvalue weighted by molar-refractivity contribution is 7.87. The summed E-state index contributed by atoms with van der Waals surface area (Å²) in [5.74, 6) is 0.280. The molecular formula is C15H14O3S. The van der Waals surface area contributed by atoms with Crippen LogP contribution in [0.2, 0.25) is 0 Å². The molecule has 3 nitrogen and oxygen atoms in total.